The van der Waals surface area contributed by atoms with Crippen LogP contribution in [0.5, 0.6) is 5.88 Å². The third-order valence-corrected chi connectivity index (χ3v) is 3.52. The van der Waals surface area contributed by atoms with Gasteiger partial charge in [-0.2, -0.15) is 17.6 Å². The molecule has 23 heavy (non-hydrogen) atoms. The summed E-state index contributed by atoms with van der Waals surface area (Å²) in [6.07, 6.45) is -3.25. The zero-order chi connectivity index (χ0) is 16.4. The van der Waals surface area contributed by atoms with E-state index in [-0.39, 0.29) is 12.0 Å². The minimum atomic E-state index is -4.42. The number of pyridine rings is 2. The highest BCUT2D eigenvalue weighted by atomic mass is 19.4. The molecule has 0 radical (unpaired) electrons. The van der Waals surface area contributed by atoms with Gasteiger partial charge >= 0.3 is 6.18 Å². The molecule has 2 aromatic rings. The second kappa shape index (κ2) is 6.02. The van der Waals surface area contributed by atoms with Crippen molar-refractivity contribution in [3.63, 3.8) is 0 Å². The molecule has 1 aliphatic rings. The maximum atomic E-state index is 13.1. The number of halogens is 4. The Morgan fingerprint density at radius 3 is 2.65 bits per heavy atom. The maximum Gasteiger partial charge on any atom is 0.417 e. The van der Waals surface area contributed by atoms with Crippen LogP contribution < -0.4 is 9.64 Å². The van der Waals surface area contributed by atoms with Gasteiger partial charge in [0.15, 0.2) is 0 Å². The fourth-order valence-corrected chi connectivity index (χ4v) is 2.39. The molecule has 0 N–H and O–H groups in total. The summed E-state index contributed by atoms with van der Waals surface area (Å²) in [5.41, 5.74) is -0.818. The van der Waals surface area contributed by atoms with Gasteiger partial charge in [0.2, 0.25) is 11.8 Å². The number of ether oxygens (including phenoxy) is 1. The summed E-state index contributed by atoms with van der Waals surface area (Å²) in [4.78, 5) is 9.34. The molecule has 122 valence electrons. The van der Waals surface area contributed by atoms with Crippen molar-refractivity contribution >= 4 is 5.82 Å². The van der Waals surface area contributed by atoms with Gasteiger partial charge in [0.05, 0.1) is 12.1 Å². The standard InChI is InChI=1S/C15H13F4N3O/c16-12-2-1-3-13(21-12)22-7-6-11(9-22)23-14-5-4-10(8-20-14)15(17,18)19/h1-5,8,11H,6-7,9H2. The van der Waals surface area contributed by atoms with E-state index in [1.807, 2.05) is 4.90 Å². The Balaban J connectivity index is 1.62. The highest BCUT2D eigenvalue weighted by Crippen LogP contribution is 2.29. The van der Waals surface area contributed by atoms with Crippen LogP contribution in [-0.4, -0.2) is 29.2 Å². The average Bonchev–Trinajstić information content (AvgIpc) is 2.95. The minimum absolute atomic E-state index is 0.136. The number of aromatic nitrogens is 2. The number of rotatable bonds is 3. The molecule has 1 saturated heterocycles. The topological polar surface area (TPSA) is 38.2 Å². The molecule has 8 heteroatoms. The molecule has 0 bridgehead atoms. The van der Waals surface area contributed by atoms with E-state index in [1.165, 1.54) is 12.1 Å². The Morgan fingerprint density at radius 2 is 2.00 bits per heavy atom. The van der Waals surface area contributed by atoms with Crippen LogP contribution in [0.15, 0.2) is 36.5 Å². The third-order valence-electron chi connectivity index (χ3n) is 3.52. The summed E-state index contributed by atoms with van der Waals surface area (Å²) in [5, 5.41) is 0. The van der Waals surface area contributed by atoms with Gasteiger partial charge < -0.3 is 9.64 Å². The summed E-state index contributed by atoms with van der Waals surface area (Å²) < 4.78 is 56.1. The van der Waals surface area contributed by atoms with Crippen LogP contribution in [0.2, 0.25) is 0 Å². The Kier molecular flexibility index (Phi) is 4.06. The number of nitrogens with zero attached hydrogens (tertiary/aromatic N) is 3. The first-order valence-electron chi connectivity index (χ1n) is 6.99. The molecule has 0 spiro atoms. The van der Waals surface area contributed by atoms with Gasteiger partial charge in [-0.3, -0.25) is 0 Å². The second-order valence-electron chi connectivity index (χ2n) is 5.18. The van der Waals surface area contributed by atoms with E-state index in [4.69, 9.17) is 4.74 Å². The predicted octanol–water partition coefficient (Wildman–Crippen LogP) is 3.29. The van der Waals surface area contributed by atoms with Crippen LogP contribution >= 0.6 is 0 Å². The third kappa shape index (κ3) is 3.69. The highest BCUT2D eigenvalue weighted by Gasteiger charge is 2.31. The van der Waals surface area contributed by atoms with Crippen LogP contribution in [0.3, 0.4) is 0 Å². The zero-order valence-electron chi connectivity index (χ0n) is 11.9. The Bertz CT molecular complexity index is 675. The first kappa shape index (κ1) is 15.5. The molecule has 2 aromatic heterocycles. The number of alkyl halides is 3. The molecule has 0 saturated carbocycles. The van der Waals surface area contributed by atoms with Crippen LogP contribution in [0.4, 0.5) is 23.4 Å². The zero-order valence-corrected chi connectivity index (χ0v) is 11.9. The lowest BCUT2D eigenvalue weighted by Gasteiger charge is -2.17. The highest BCUT2D eigenvalue weighted by molar-refractivity contribution is 5.39. The molecule has 3 heterocycles. The summed E-state index contributed by atoms with van der Waals surface area (Å²) >= 11 is 0. The van der Waals surface area contributed by atoms with E-state index in [0.29, 0.717) is 25.3 Å². The molecular weight excluding hydrogens is 314 g/mol. The van der Waals surface area contributed by atoms with Gasteiger partial charge in [-0.1, -0.05) is 6.07 Å². The fraction of sp³-hybridized carbons (Fsp3) is 0.333. The van der Waals surface area contributed by atoms with E-state index in [0.717, 1.165) is 12.3 Å². The van der Waals surface area contributed by atoms with Gasteiger partial charge in [-0.05, 0) is 18.2 Å². The Labute approximate surface area is 129 Å². The van der Waals surface area contributed by atoms with E-state index in [2.05, 4.69) is 9.97 Å². The second-order valence-corrected chi connectivity index (χ2v) is 5.18. The van der Waals surface area contributed by atoms with Gasteiger partial charge in [0, 0.05) is 25.2 Å². The molecule has 1 unspecified atom stereocenters. The molecule has 0 aliphatic carbocycles. The van der Waals surface area contributed by atoms with Crippen molar-refractivity contribution in [3.8, 4) is 5.88 Å². The lowest BCUT2D eigenvalue weighted by atomic mass is 10.3. The van der Waals surface area contributed by atoms with Crippen molar-refractivity contribution in [2.45, 2.75) is 18.7 Å². The molecule has 1 aliphatic heterocycles. The van der Waals surface area contributed by atoms with Crippen molar-refractivity contribution in [1.82, 2.24) is 9.97 Å². The Hall–Kier alpha value is -2.38. The SMILES string of the molecule is Fc1cccc(N2CCC(Oc3ccc(C(F)(F)F)cn3)C2)n1. The lowest BCUT2D eigenvalue weighted by Crippen LogP contribution is -2.25. The van der Waals surface area contributed by atoms with Crippen molar-refractivity contribution < 1.29 is 22.3 Å². The molecule has 0 aromatic carbocycles. The van der Waals surface area contributed by atoms with Gasteiger partial charge in [-0.15, -0.1) is 0 Å². The first-order chi connectivity index (χ1) is 10.9. The van der Waals surface area contributed by atoms with Crippen LogP contribution in [0.25, 0.3) is 0 Å². The molecule has 1 atom stereocenters. The normalized spacial score (nSPS) is 18.3. The van der Waals surface area contributed by atoms with E-state index in [9.17, 15) is 17.6 Å². The average molecular weight is 327 g/mol. The van der Waals surface area contributed by atoms with E-state index >= 15 is 0 Å². The van der Waals surface area contributed by atoms with Crippen LogP contribution in [0.1, 0.15) is 12.0 Å². The van der Waals surface area contributed by atoms with Crippen molar-refractivity contribution in [2.24, 2.45) is 0 Å². The summed E-state index contributed by atoms with van der Waals surface area (Å²) in [5.74, 6) is 0.0878. The molecule has 4 nitrogen and oxygen atoms in total. The van der Waals surface area contributed by atoms with Crippen LogP contribution in [0, 0.1) is 5.95 Å². The quantitative estimate of drug-likeness (QED) is 0.640. The van der Waals surface area contributed by atoms with E-state index in [1.54, 1.807) is 12.1 Å². The first-order valence-corrected chi connectivity index (χ1v) is 6.99. The minimum Gasteiger partial charge on any atom is -0.472 e. The number of hydrogen-bond donors (Lipinski definition) is 0. The summed E-state index contributed by atoms with van der Waals surface area (Å²) in [7, 11) is 0. The van der Waals surface area contributed by atoms with Gasteiger partial charge in [0.1, 0.15) is 11.9 Å². The largest absolute Gasteiger partial charge is 0.472 e. The van der Waals surface area contributed by atoms with Gasteiger partial charge in [0.25, 0.3) is 0 Å². The van der Waals surface area contributed by atoms with Crippen molar-refractivity contribution in [2.75, 3.05) is 18.0 Å². The summed E-state index contributed by atoms with van der Waals surface area (Å²) in [6.45, 7) is 1.10. The molecule has 0 amide bonds. The lowest BCUT2D eigenvalue weighted by molar-refractivity contribution is -0.137. The van der Waals surface area contributed by atoms with Gasteiger partial charge in [-0.25, -0.2) is 9.97 Å². The van der Waals surface area contributed by atoms with Crippen molar-refractivity contribution in [1.29, 1.82) is 0 Å². The molecule has 3 rings (SSSR count). The number of anilines is 1. The molecule has 1 fully saturated rings. The monoisotopic (exact) mass is 327 g/mol. The number of hydrogen-bond acceptors (Lipinski definition) is 4. The van der Waals surface area contributed by atoms with E-state index < -0.39 is 17.7 Å². The predicted molar refractivity (Wildman–Crippen MR) is 74.7 cm³/mol. The smallest absolute Gasteiger partial charge is 0.417 e. The van der Waals surface area contributed by atoms with Crippen LogP contribution in [-0.2, 0) is 6.18 Å². The van der Waals surface area contributed by atoms with Crippen molar-refractivity contribution in [3.05, 3.63) is 48.0 Å². The molecular formula is C15H13F4N3O. The summed E-state index contributed by atoms with van der Waals surface area (Å²) in [6, 6.07) is 6.67. The fourth-order valence-electron chi connectivity index (χ4n) is 2.39. The maximum absolute atomic E-state index is 13.1. The Morgan fingerprint density at radius 1 is 1.17 bits per heavy atom.